The minimum atomic E-state index is -4.50. The monoisotopic (exact) mass is 378 g/mol. The van der Waals surface area contributed by atoms with E-state index in [1.54, 1.807) is 22.2 Å². The molecule has 0 saturated heterocycles. The van der Waals surface area contributed by atoms with Gasteiger partial charge in [-0.2, -0.15) is 18.3 Å². The lowest BCUT2D eigenvalue weighted by atomic mass is 9.97. The maximum Gasteiger partial charge on any atom is 0.435 e. The molecule has 0 aromatic carbocycles. The van der Waals surface area contributed by atoms with Gasteiger partial charge in [0.2, 0.25) is 0 Å². The summed E-state index contributed by atoms with van der Waals surface area (Å²) in [6, 6.07) is 0.975. The van der Waals surface area contributed by atoms with Crippen LogP contribution >= 0.6 is 11.3 Å². The molecule has 1 aliphatic rings. The molecule has 5 rings (SSSR count). The first-order chi connectivity index (χ1) is 12.4. The van der Waals surface area contributed by atoms with E-state index >= 15 is 0 Å². The number of alkyl halides is 3. The van der Waals surface area contributed by atoms with Crippen LogP contribution in [0.2, 0.25) is 0 Å². The molecule has 0 unspecified atom stereocenters. The molecule has 0 spiro atoms. The first-order valence-corrected chi connectivity index (χ1v) is 9.01. The Morgan fingerprint density at radius 2 is 1.96 bits per heavy atom. The second-order valence-electron chi connectivity index (χ2n) is 6.38. The zero-order valence-corrected chi connectivity index (χ0v) is 14.5. The number of aromatic nitrogens is 6. The summed E-state index contributed by atoms with van der Waals surface area (Å²) in [5.74, 6) is 0.209. The Kier molecular flexibility index (Phi) is 3.18. The van der Waals surface area contributed by atoms with Crippen LogP contribution in [-0.2, 0) is 26.1 Å². The van der Waals surface area contributed by atoms with Crippen LogP contribution in [-0.4, -0.2) is 29.4 Å². The number of thiophene rings is 1. The fourth-order valence-corrected chi connectivity index (χ4v) is 4.70. The Morgan fingerprint density at radius 1 is 1.15 bits per heavy atom. The third-order valence-electron chi connectivity index (χ3n) is 4.69. The predicted molar refractivity (Wildman–Crippen MR) is 90.0 cm³/mol. The van der Waals surface area contributed by atoms with Gasteiger partial charge in [0.05, 0.1) is 5.39 Å². The normalized spacial score (nSPS) is 15.1. The molecule has 6 nitrogen and oxygen atoms in total. The lowest BCUT2D eigenvalue weighted by Gasteiger charge is -2.09. The van der Waals surface area contributed by atoms with Gasteiger partial charge in [0, 0.05) is 11.9 Å². The molecule has 134 valence electrons. The lowest BCUT2D eigenvalue weighted by Crippen LogP contribution is -2.06. The molecular formula is C16H13F3N6S. The molecular weight excluding hydrogens is 365 g/mol. The second-order valence-corrected chi connectivity index (χ2v) is 7.46. The Hall–Kier alpha value is -2.49. The van der Waals surface area contributed by atoms with Crippen molar-refractivity contribution in [3.63, 3.8) is 0 Å². The van der Waals surface area contributed by atoms with Gasteiger partial charge in [-0.05, 0) is 37.3 Å². The highest BCUT2D eigenvalue weighted by Gasteiger charge is 2.35. The van der Waals surface area contributed by atoms with Crippen LogP contribution in [0.5, 0.6) is 0 Å². The van der Waals surface area contributed by atoms with Crippen LogP contribution in [0.1, 0.15) is 29.0 Å². The van der Waals surface area contributed by atoms with Crippen LogP contribution in [0.4, 0.5) is 13.2 Å². The van der Waals surface area contributed by atoms with Crippen molar-refractivity contribution in [2.75, 3.05) is 0 Å². The fourth-order valence-electron chi connectivity index (χ4n) is 3.48. The Bertz CT molecular complexity index is 1150. The summed E-state index contributed by atoms with van der Waals surface area (Å²) < 4.78 is 41.5. The molecule has 0 saturated carbocycles. The number of rotatable bonds is 1. The number of aryl methyl sites for hydroxylation is 3. The van der Waals surface area contributed by atoms with Gasteiger partial charge >= 0.3 is 6.18 Å². The van der Waals surface area contributed by atoms with E-state index in [0.29, 0.717) is 5.65 Å². The van der Waals surface area contributed by atoms with Crippen LogP contribution in [0.3, 0.4) is 0 Å². The molecule has 0 N–H and O–H groups in total. The van der Waals surface area contributed by atoms with Crippen LogP contribution < -0.4 is 0 Å². The van der Waals surface area contributed by atoms with Gasteiger partial charge in [-0.15, -0.1) is 16.4 Å². The number of hydrogen-bond donors (Lipinski definition) is 0. The zero-order chi connectivity index (χ0) is 18.1. The number of hydrogen-bond acceptors (Lipinski definition) is 5. The van der Waals surface area contributed by atoms with Crippen molar-refractivity contribution in [1.82, 2.24) is 29.4 Å². The van der Waals surface area contributed by atoms with Crippen molar-refractivity contribution in [2.45, 2.75) is 31.9 Å². The van der Waals surface area contributed by atoms with Gasteiger partial charge in [-0.25, -0.2) is 14.5 Å². The molecule has 4 heterocycles. The third kappa shape index (κ3) is 2.24. The zero-order valence-electron chi connectivity index (χ0n) is 13.7. The Balaban J connectivity index is 1.72. The Labute approximate surface area is 149 Å². The smallest absolute Gasteiger partial charge is 0.264 e. The van der Waals surface area contributed by atoms with E-state index < -0.39 is 11.9 Å². The highest BCUT2D eigenvalue weighted by molar-refractivity contribution is 7.19. The summed E-state index contributed by atoms with van der Waals surface area (Å²) in [6.07, 6.45) is 1.37. The minimum absolute atomic E-state index is 0.209. The minimum Gasteiger partial charge on any atom is -0.264 e. The second kappa shape index (κ2) is 5.26. The van der Waals surface area contributed by atoms with Gasteiger partial charge in [0.25, 0.3) is 0 Å². The van der Waals surface area contributed by atoms with E-state index in [1.165, 1.54) is 23.9 Å². The number of halogens is 3. The molecule has 0 amide bonds. The van der Waals surface area contributed by atoms with E-state index in [4.69, 9.17) is 0 Å². The molecule has 0 bridgehead atoms. The maximum atomic E-state index is 12.9. The number of fused-ring (bicyclic) bond motifs is 5. The van der Waals surface area contributed by atoms with E-state index in [2.05, 4.69) is 20.2 Å². The largest absolute Gasteiger partial charge is 0.435 e. The molecule has 4 aromatic rings. The van der Waals surface area contributed by atoms with Gasteiger partial charge < -0.3 is 0 Å². The summed E-state index contributed by atoms with van der Waals surface area (Å²) in [6.45, 7) is 0. The summed E-state index contributed by atoms with van der Waals surface area (Å²) in [4.78, 5) is 11.2. The van der Waals surface area contributed by atoms with E-state index in [1.807, 2.05) is 0 Å². The van der Waals surface area contributed by atoms with Gasteiger partial charge in [-0.3, -0.25) is 4.68 Å². The molecule has 0 atom stereocenters. The molecule has 4 aromatic heterocycles. The quantitative estimate of drug-likeness (QED) is 0.507. The van der Waals surface area contributed by atoms with Crippen molar-refractivity contribution >= 4 is 27.2 Å². The molecule has 10 heteroatoms. The molecule has 0 radical (unpaired) electrons. The lowest BCUT2D eigenvalue weighted by molar-refractivity contribution is -0.141. The fraction of sp³-hybridized carbons (Fsp3) is 0.375. The van der Waals surface area contributed by atoms with Gasteiger partial charge in [-0.1, -0.05) is 0 Å². The van der Waals surface area contributed by atoms with Crippen molar-refractivity contribution < 1.29 is 13.2 Å². The standard InChI is InChI=1S/C16H13F3N6S/c1-24-9(6-11(22-24)16(17,18)19)13-21-14-12-8-4-2-3-5-10(8)26-15(12)20-7-25(14)23-13/h6-7H,2-5H2,1H3. The van der Waals surface area contributed by atoms with E-state index in [9.17, 15) is 13.2 Å². The summed E-state index contributed by atoms with van der Waals surface area (Å²) in [7, 11) is 1.45. The van der Waals surface area contributed by atoms with Crippen molar-refractivity contribution in [3.05, 3.63) is 28.5 Å². The third-order valence-corrected chi connectivity index (χ3v) is 5.89. The maximum absolute atomic E-state index is 12.9. The molecule has 0 fully saturated rings. The van der Waals surface area contributed by atoms with Gasteiger partial charge in [0.15, 0.2) is 17.2 Å². The summed E-state index contributed by atoms with van der Waals surface area (Å²) in [5, 5.41) is 8.85. The van der Waals surface area contributed by atoms with Crippen molar-refractivity contribution in [1.29, 1.82) is 0 Å². The van der Waals surface area contributed by atoms with Crippen LogP contribution in [0.15, 0.2) is 12.4 Å². The van der Waals surface area contributed by atoms with Crippen molar-refractivity contribution in [3.8, 4) is 11.5 Å². The van der Waals surface area contributed by atoms with Crippen LogP contribution in [0, 0.1) is 0 Å². The molecule has 1 aliphatic carbocycles. The van der Waals surface area contributed by atoms with E-state index in [-0.39, 0.29) is 11.5 Å². The van der Waals surface area contributed by atoms with Crippen LogP contribution in [0.25, 0.3) is 27.4 Å². The predicted octanol–water partition coefficient (Wildman–Crippen LogP) is 3.64. The SMILES string of the molecule is Cn1nc(C(F)(F)F)cc1-c1nc2c3c4c(sc3ncn2n1)CCCC4. The molecule has 26 heavy (non-hydrogen) atoms. The van der Waals surface area contributed by atoms with Crippen molar-refractivity contribution in [2.24, 2.45) is 7.05 Å². The summed E-state index contributed by atoms with van der Waals surface area (Å²) >= 11 is 1.67. The topological polar surface area (TPSA) is 60.9 Å². The first-order valence-electron chi connectivity index (χ1n) is 8.19. The first kappa shape index (κ1) is 15.7. The average molecular weight is 378 g/mol. The highest BCUT2D eigenvalue weighted by Crippen LogP contribution is 2.37. The Morgan fingerprint density at radius 3 is 2.73 bits per heavy atom. The molecule has 0 aliphatic heterocycles. The average Bonchev–Trinajstić information content (AvgIpc) is 3.26. The van der Waals surface area contributed by atoms with E-state index in [0.717, 1.165) is 40.2 Å². The van der Waals surface area contributed by atoms with Gasteiger partial charge in [0.1, 0.15) is 16.9 Å². The summed E-state index contributed by atoms with van der Waals surface area (Å²) in [5.41, 5.74) is 1.16. The number of nitrogens with zero attached hydrogens (tertiary/aromatic N) is 6. The highest BCUT2D eigenvalue weighted by atomic mass is 32.1.